The second kappa shape index (κ2) is 6.63. The number of nitrogens with zero attached hydrogens (tertiary/aromatic N) is 2. The molecule has 0 unspecified atom stereocenters. The van der Waals surface area contributed by atoms with E-state index in [-0.39, 0.29) is 5.15 Å². The van der Waals surface area contributed by atoms with Crippen molar-refractivity contribution in [2.24, 2.45) is 0 Å². The zero-order chi connectivity index (χ0) is 18.1. The van der Waals surface area contributed by atoms with Gasteiger partial charge in [-0.05, 0) is 41.3 Å². The predicted octanol–water partition coefficient (Wildman–Crippen LogP) is 6.40. The second-order valence-corrected chi connectivity index (χ2v) is 6.52. The number of pyridine rings is 1. The maximum Gasteiger partial charge on any atom is 0.147 e. The Balaban J connectivity index is 2.12. The summed E-state index contributed by atoms with van der Waals surface area (Å²) in [6, 6.07) is 26.8. The molecule has 0 aliphatic heterocycles. The van der Waals surface area contributed by atoms with E-state index >= 15 is 0 Å². The van der Waals surface area contributed by atoms with E-state index in [0.29, 0.717) is 5.56 Å². The lowest BCUT2D eigenvalue weighted by Gasteiger charge is -2.14. The summed E-state index contributed by atoms with van der Waals surface area (Å²) in [4.78, 5) is 4.56. The minimum atomic E-state index is 0.252. The maximum atomic E-state index is 9.46. The van der Waals surface area contributed by atoms with Gasteiger partial charge in [0.05, 0.1) is 11.1 Å². The first-order valence-electron chi connectivity index (χ1n) is 8.34. The third kappa shape index (κ3) is 2.73. The van der Waals surface area contributed by atoms with Crippen molar-refractivity contribution in [1.29, 1.82) is 5.26 Å². The highest BCUT2D eigenvalue weighted by Crippen LogP contribution is 2.36. The summed E-state index contributed by atoms with van der Waals surface area (Å²) < 4.78 is 0. The van der Waals surface area contributed by atoms with Crippen LogP contribution in [0.2, 0.25) is 5.15 Å². The highest BCUT2D eigenvalue weighted by Gasteiger charge is 2.16. The molecule has 0 radical (unpaired) electrons. The van der Waals surface area contributed by atoms with Crippen LogP contribution in [0.4, 0.5) is 0 Å². The fourth-order valence-corrected chi connectivity index (χ4v) is 3.52. The van der Waals surface area contributed by atoms with Crippen LogP contribution in [0.5, 0.6) is 0 Å². The van der Waals surface area contributed by atoms with Gasteiger partial charge >= 0.3 is 0 Å². The average Bonchev–Trinajstić information content (AvgIpc) is 2.69. The Labute approximate surface area is 157 Å². The molecular weight excluding hydrogens is 340 g/mol. The highest BCUT2D eigenvalue weighted by molar-refractivity contribution is 6.31. The molecule has 0 bridgehead atoms. The van der Waals surface area contributed by atoms with Gasteiger partial charge < -0.3 is 0 Å². The number of fused-ring (bicyclic) bond motifs is 1. The zero-order valence-electron chi connectivity index (χ0n) is 14.2. The summed E-state index contributed by atoms with van der Waals surface area (Å²) in [7, 11) is 0. The maximum absolute atomic E-state index is 9.46. The molecule has 4 aromatic rings. The molecule has 26 heavy (non-hydrogen) atoms. The first-order chi connectivity index (χ1) is 12.7. The second-order valence-electron chi connectivity index (χ2n) is 6.17. The lowest BCUT2D eigenvalue weighted by molar-refractivity contribution is 1.32. The Hall–Kier alpha value is -3.15. The van der Waals surface area contributed by atoms with E-state index in [0.717, 1.165) is 38.7 Å². The average molecular weight is 355 g/mol. The van der Waals surface area contributed by atoms with Gasteiger partial charge in [0, 0.05) is 10.9 Å². The molecule has 0 saturated carbocycles. The van der Waals surface area contributed by atoms with Crippen LogP contribution in [0.25, 0.3) is 33.2 Å². The number of hydrogen-bond donors (Lipinski definition) is 0. The fourth-order valence-electron chi connectivity index (χ4n) is 3.25. The van der Waals surface area contributed by atoms with Crippen LogP contribution in [-0.4, -0.2) is 4.98 Å². The molecule has 4 rings (SSSR count). The largest absolute Gasteiger partial charge is 0.234 e. The van der Waals surface area contributed by atoms with Crippen molar-refractivity contribution in [3.63, 3.8) is 0 Å². The summed E-state index contributed by atoms with van der Waals surface area (Å²) >= 11 is 6.29. The van der Waals surface area contributed by atoms with E-state index in [2.05, 4.69) is 47.5 Å². The first-order valence-corrected chi connectivity index (χ1v) is 8.71. The molecule has 0 N–H and O–H groups in total. The molecule has 1 aromatic heterocycles. The van der Waals surface area contributed by atoms with Crippen molar-refractivity contribution < 1.29 is 0 Å². The normalized spacial score (nSPS) is 10.7. The minimum Gasteiger partial charge on any atom is -0.234 e. The van der Waals surface area contributed by atoms with Gasteiger partial charge in [-0.3, -0.25) is 0 Å². The van der Waals surface area contributed by atoms with Gasteiger partial charge in [-0.25, -0.2) is 4.98 Å². The molecule has 2 nitrogen and oxygen atoms in total. The Bertz CT molecular complexity index is 1140. The number of aryl methyl sites for hydroxylation is 1. The van der Waals surface area contributed by atoms with Gasteiger partial charge in [0.2, 0.25) is 0 Å². The Morgan fingerprint density at radius 3 is 2.08 bits per heavy atom. The topological polar surface area (TPSA) is 36.7 Å². The van der Waals surface area contributed by atoms with Crippen molar-refractivity contribution >= 4 is 22.5 Å². The van der Waals surface area contributed by atoms with Crippen LogP contribution >= 0.6 is 11.6 Å². The van der Waals surface area contributed by atoms with Gasteiger partial charge in [0.1, 0.15) is 11.2 Å². The molecule has 1 heterocycles. The van der Waals surface area contributed by atoms with E-state index in [1.54, 1.807) is 0 Å². The summed E-state index contributed by atoms with van der Waals surface area (Å²) in [5.41, 5.74) is 6.41. The van der Waals surface area contributed by atoms with Crippen LogP contribution in [-0.2, 0) is 0 Å². The van der Waals surface area contributed by atoms with Gasteiger partial charge in [-0.15, -0.1) is 0 Å². The summed E-state index contributed by atoms with van der Waals surface area (Å²) in [6.07, 6.45) is 0. The van der Waals surface area contributed by atoms with Crippen LogP contribution < -0.4 is 0 Å². The van der Waals surface area contributed by atoms with Crippen molar-refractivity contribution in [3.05, 3.63) is 89.1 Å². The van der Waals surface area contributed by atoms with Crippen molar-refractivity contribution in [2.45, 2.75) is 6.92 Å². The van der Waals surface area contributed by atoms with Crippen LogP contribution in [0.1, 0.15) is 11.1 Å². The lowest BCUT2D eigenvalue weighted by Crippen LogP contribution is -1.95. The molecule has 0 saturated heterocycles. The smallest absolute Gasteiger partial charge is 0.147 e. The summed E-state index contributed by atoms with van der Waals surface area (Å²) in [6.45, 7) is 1.93. The Kier molecular flexibility index (Phi) is 4.16. The zero-order valence-corrected chi connectivity index (χ0v) is 15.0. The molecule has 0 atom stereocenters. The van der Waals surface area contributed by atoms with Gasteiger partial charge in [-0.1, -0.05) is 72.3 Å². The van der Waals surface area contributed by atoms with Crippen LogP contribution in [0.3, 0.4) is 0 Å². The number of benzene rings is 3. The molecule has 0 aliphatic rings. The van der Waals surface area contributed by atoms with Gasteiger partial charge in [0.25, 0.3) is 0 Å². The Morgan fingerprint density at radius 2 is 1.46 bits per heavy atom. The van der Waals surface area contributed by atoms with E-state index in [1.165, 1.54) is 0 Å². The predicted molar refractivity (Wildman–Crippen MR) is 107 cm³/mol. The molecular formula is C23H15ClN2. The van der Waals surface area contributed by atoms with E-state index in [1.807, 2.05) is 43.3 Å². The van der Waals surface area contributed by atoms with Gasteiger partial charge in [0.15, 0.2) is 0 Å². The van der Waals surface area contributed by atoms with E-state index in [9.17, 15) is 5.26 Å². The third-order valence-corrected chi connectivity index (χ3v) is 4.88. The fraction of sp³-hybridized carbons (Fsp3) is 0.0435. The van der Waals surface area contributed by atoms with Crippen LogP contribution in [0, 0.1) is 18.3 Å². The summed E-state index contributed by atoms with van der Waals surface area (Å²) in [5.74, 6) is 0. The molecule has 0 spiro atoms. The van der Waals surface area contributed by atoms with E-state index in [4.69, 9.17) is 11.6 Å². The monoisotopic (exact) mass is 354 g/mol. The van der Waals surface area contributed by atoms with E-state index < -0.39 is 0 Å². The van der Waals surface area contributed by atoms with Crippen molar-refractivity contribution in [2.75, 3.05) is 0 Å². The van der Waals surface area contributed by atoms with Crippen molar-refractivity contribution in [3.8, 4) is 28.3 Å². The number of aromatic nitrogens is 1. The van der Waals surface area contributed by atoms with Crippen LogP contribution in [0.15, 0.2) is 72.8 Å². The Morgan fingerprint density at radius 1 is 0.846 bits per heavy atom. The molecule has 0 amide bonds. The number of hydrogen-bond acceptors (Lipinski definition) is 2. The number of halogens is 1. The lowest BCUT2D eigenvalue weighted by atomic mass is 9.93. The molecule has 0 aliphatic carbocycles. The molecule has 3 heteroatoms. The summed E-state index contributed by atoms with van der Waals surface area (Å²) in [5, 5.41) is 10.7. The quantitative estimate of drug-likeness (QED) is 0.390. The molecule has 3 aromatic carbocycles. The minimum absolute atomic E-state index is 0.252. The molecule has 124 valence electrons. The third-order valence-electron chi connectivity index (χ3n) is 4.61. The van der Waals surface area contributed by atoms with Crippen molar-refractivity contribution in [1.82, 2.24) is 4.98 Å². The SMILES string of the molecule is Cc1c(C#N)c(Cl)nc2c(-c3ccccc3)cc(-c3ccccc3)cc12. The first kappa shape index (κ1) is 16.3. The number of rotatable bonds is 2. The highest BCUT2D eigenvalue weighted by atomic mass is 35.5. The number of nitriles is 1. The standard InChI is InChI=1S/C23H15ClN2/c1-15-19-12-18(16-8-4-2-5-9-16)13-20(17-10-6-3-7-11-17)22(19)26-23(24)21(15)14-25/h2-13H,1H3. The molecule has 0 fully saturated rings. The van der Waals surface area contributed by atoms with Gasteiger partial charge in [-0.2, -0.15) is 5.26 Å².